The summed E-state index contributed by atoms with van der Waals surface area (Å²) in [5.41, 5.74) is 4.95. The zero-order valence-corrected chi connectivity index (χ0v) is 14.6. The number of nitrogens with zero attached hydrogens (tertiary/aromatic N) is 1. The summed E-state index contributed by atoms with van der Waals surface area (Å²) >= 11 is 0. The van der Waals surface area contributed by atoms with Crippen LogP contribution in [0.3, 0.4) is 0 Å². The van der Waals surface area contributed by atoms with Crippen LogP contribution in [-0.4, -0.2) is 31.8 Å². The molecule has 0 unspecified atom stereocenters. The van der Waals surface area contributed by atoms with Gasteiger partial charge >= 0.3 is 18.9 Å². The number of rotatable bonds is 7. The summed E-state index contributed by atoms with van der Waals surface area (Å²) in [6.07, 6.45) is 1.13. The van der Waals surface area contributed by atoms with Gasteiger partial charge in [-0.05, 0) is 51.7 Å². The number of unbranched alkanes of at least 4 members (excludes halogenated alkanes) is 1. The number of benzene rings is 1. The molecule has 4 nitrogen and oxygen atoms in total. The van der Waals surface area contributed by atoms with E-state index in [1.165, 1.54) is 22.4 Å². The third-order valence-corrected chi connectivity index (χ3v) is 4.19. The molecule has 0 saturated carbocycles. The molecule has 0 radical (unpaired) electrons. The second kappa shape index (κ2) is 8.85. The fourth-order valence-electron chi connectivity index (χ4n) is 2.68. The van der Waals surface area contributed by atoms with Crippen LogP contribution in [0.2, 0.25) is 0 Å². The molecule has 0 bridgehead atoms. The Morgan fingerprint density at radius 1 is 1.10 bits per heavy atom. The summed E-state index contributed by atoms with van der Waals surface area (Å²) in [7, 11) is -4.08. The van der Waals surface area contributed by atoms with Gasteiger partial charge in [0.1, 0.15) is 0 Å². The topological polar surface area (TPSA) is 60.4 Å². The molecule has 0 aromatic heterocycles. The van der Waals surface area contributed by atoms with Crippen LogP contribution >= 0.6 is 0 Å². The van der Waals surface area contributed by atoms with E-state index in [4.69, 9.17) is 0 Å². The quantitative estimate of drug-likeness (QED) is 0.396. The van der Waals surface area contributed by atoms with Crippen molar-refractivity contribution in [1.29, 1.82) is 0 Å². The van der Waals surface area contributed by atoms with E-state index < -0.39 is 10.1 Å². The van der Waals surface area contributed by atoms with Crippen LogP contribution < -0.4 is 23.8 Å². The smallest absolute Gasteiger partial charge is 0.748 e. The molecule has 6 heteroatoms. The van der Waals surface area contributed by atoms with Gasteiger partial charge in [0, 0.05) is 24.5 Å². The zero-order chi connectivity index (χ0) is 15.3. The monoisotopic (exact) mass is 305 g/mol. The summed E-state index contributed by atoms with van der Waals surface area (Å²) in [5.74, 6) is -0.267. The van der Waals surface area contributed by atoms with Crippen LogP contribution in [0.15, 0.2) is 12.1 Å². The first-order chi connectivity index (χ1) is 9.24. The van der Waals surface area contributed by atoms with Crippen LogP contribution in [0.25, 0.3) is 0 Å². The molecule has 0 N–H and O–H groups in total. The van der Waals surface area contributed by atoms with Crippen molar-refractivity contribution in [3.63, 3.8) is 0 Å². The predicted molar refractivity (Wildman–Crippen MR) is 82.3 cm³/mol. The van der Waals surface area contributed by atoms with E-state index in [1.807, 2.05) is 0 Å². The van der Waals surface area contributed by atoms with Gasteiger partial charge in [0.15, 0.2) is 0 Å². The third kappa shape index (κ3) is 6.88. The zero-order valence-electron chi connectivity index (χ0n) is 13.8. The van der Waals surface area contributed by atoms with Crippen molar-refractivity contribution in [2.24, 2.45) is 0 Å². The van der Waals surface area contributed by atoms with Crippen molar-refractivity contribution in [1.82, 2.24) is 0 Å². The minimum atomic E-state index is -4.08. The third-order valence-electron chi connectivity index (χ3n) is 3.41. The van der Waals surface area contributed by atoms with Crippen molar-refractivity contribution in [3.05, 3.63) is 28.8 Å². The summed E-state index contributed by atoms with van der Waals surface area (Å²) < 4.78 is 31.8. The van der Waals surface area contributed by atoms with E-state index in [1.54, 1.807) is 0 Å². The second-order valence-electron chi connectivity index (χ2n) is 5.30. The number of hydrogen-bond acceptors (Lipinski definition) is 4. The predicted octanol–water partition coefficient (Wildman–Crippen LogP) is -0.232. The summed E-state index contributed by atoms with van der Waals surface area (Å²) in [6, 6.07) is 4.32. The molecular weight excluding hydrogens is 281 g/mol. The van der Waals surface area contributed by atoms with E-state index in [-0.39, 0.29) is 24.6 Å². The van der Waals surface area contributed by atoms with Crippen LogP contribution in [0.4, 0.5) is 5.69 Å². The molecule has 1 aromatic rings. The Balaban J connectivity index is 0.00000400. The van der Waals surface area contributed by atoms with Crippen molar-refractivity contribution in [3.8, 4) is 0 Å². The van der Waals surface area contributed by atoms with Crippen LogP contribution in [0, 0.1) is 20.8 Å². The first-order valence-corrected chi connectivity index (χ1v) is 8.58. The van der Waals surface area contributed by atoms with Crippen LogP contribution in [0.1, 0.15) is 36.5 Å². The minimum Gasteiger partial charge on any atom is -0.748 e. The van der Waals surface area contributed by atoms with Crippen molar-refractivity contribution in [2.75, 3.05) is 23.7 Å². The van der Waals surface area contributed by atoms with Gasteiger partial charge in [-0.3, -0.25) is 0 Å². The Morgan fingerprint density at radius 2 is 1.62 bits per heavy atom. The Labute approximate surface area is 140 Å². The van der Waals surface area contributed by atoms with Gasteiger partial charge < -0.3 is 9.45 Å². The van der Waals surface area contributed by atoms with Gasteiger partial charge in [0.05, 0.1) is 10.1 Å². The van der Waals surface area contributed by atoms with Gasteiger partial charge in [-0.2, -0.15) is 0 Å². The minimum absolute atomic E-state index is 0. The fourth-order valence-corrected chi connectivity index (χ4v) is 3.24. The maximum atomic E-state index is 10.6. The Hall–Kier alpha value is -0.473. The van der Waals surface area contributed by atoms with Crippen molar-refractivity contribution in [2.45, 2.75) is 40.5 Å². The molecule has 0 amide bonds. The van der Waals surface area contributed by atoms with Gasteiger partial charge in [0.2, 0.25) is 0 Å². The molecule has 21 heavy (non-hydrogen) atoms. The van der Waals surface area contributed by atoms with Gasteiger partial charge in [-0.15, -0.1) is 0 Å². The summed E-state index contributed by atoms with van der Waals surface area (Å²) in [6.45, 7) is 10.0. The number of anilines is 1. The summed E-state index contributed by atoms with van der Waals surface area (Å²) in [5, 5.41) is 0. The SMILES string of the molecule is CCN(CCCCS(=O)(=O)[O-])c1c(C)cc(C)cc1C.[Li+]. The van der Waals surface area contributed by atoms with E-state index in [9.17, 15) is 13.0 Å². The fraction of sp³-hybridized carbons (Fsp3) is 0.600. The first-order valence-electron chi connectivity index (χ1n) is 7.01. The van der Waals surface area contributed by atoms with Crippen LogP contribution in [-0.2, 0) is 10.1 Å². The molecule has 0 aliphatic carbocycles. The normalized spacial score (nSPS) is 11.1. The molecule has 0 spiro atoms. The molecule has 0 saturated heterocycles. The van der Waals surface area contributed by atoms with E-state index in [2.05, 4.69) is 44.7 Å². The Kier molecular flexibility index (Phi) is 8.65. The maximum absolute atomic E-state index is 10.6. The summed E-state index contributed by atoms with van der Waals surface area (Å²) in [4.78, 5) is 2.25. The molecule has 0 fully saturated rings. The Morgan fingerprint density at radius 3 is 2.05 bits per heavy atom. The standard InChI is InChI=1S/C15H25NO3S.Li/c1-5-16(8-6-7-9-20(17,18)19)15-13(3)10-12(2)11-14(15)4;/h10-11H,5-9H2,1-4H3,(H,17,18,19);/q;+1/p-1. The second-order valence-corrected chi connectivity index (χ2v) is 6.82. The maximum Gasteiger partial charge on any atom is 1.00 e. The Bertz CT molecular complexity index is 535. The van der Waals surface area contributed by atoms with Gasteiger partial charge in [-0.1, -0.05) is 17.7 Å². The first kappa shape index (κ1) is 20.5. The van der Waals surface area contributed by atoms with Gasteiger partial charge in [-0.25, -0.2) is 8.42 Å². The largest absolute Gasteiger partial charge is 1.00 e. The molecule has 0 atom stereocenters. The molecule has 1 rings (SSSR count). The molecule has 1 aromatic carbocycles. The average Bonchev–Trinajstić information content (AvgIpc) is 2.29. The molecule has 0 aliphatic rings. The number of aryl methyl sites for hydroxylation is 3. The van der Waals surface area contributed by atoms with Crippen LogP contribution in [0.5, 0.6) is 0 Å². The molecule has 114 valence electrons. The van der Waals surface area contributed by atoms with Gasteiger partial charge in [0.25, 0.3) is 0 Å². The van der Waals surface area contributed by atoms with E-state index in [0.29, 0.717) is 12.8 Å². The average molecular weight is 305 g/mol. The van der Waals surface area contributed by atoms with Crippen molar-refractivity contribution < 1.29 is 31.8 Å². The van der Waals surface area contributed by atoms with Crippen molar-refractivity contribution >= 4 is 15.8 Å². The molecule has 0 aliphatic heterocycles. The van der Waals surface area contributed by atoms with E-state index in [0.717, 1.165) is 13.1 Å². The molecule has 0 heterocycles. The molecular formula is C15H24LiNO3S. The van der Waals surface area contributed by atoms with E-state index >= 15 is 0 Å². The number of hydrogen-bond donors (Lipinski definition) is 0.